The van der Waals surface area contributed by atoms with E-state index in [1.807, 2.05) is 6.20 Å². The lowest BCUT2D eigenvalue weighted by Crippen LogP contribution is -2.51. The predicted octanol–water partition coefficient (Wildman–Crippen LogP) is 2.85. The highest BCUT2D eigenvalue weighted by Gasteiger charge is 2.34. The molecule has 0 aromatic carbocycles. The van der Waals surface area contributed by atoms with Crippen molar-refractivity contribution in [3.05, 3.63) is 18.0 Å². The zero-order chi connectivity index (χ0) is 14.8. The van der Waals surface area contributed by atoms with Crippen LogP contribution in [0.1, 0.15) is 56.6 Å². The molecule has 4 nitrogen and oxygen atoms in total. The van der Waals surface area contributed by atoms with Gasteiger partial charge in [0.2, 0.25) is 0 Å². The molecule has 4 heteroatoms. The number of rotatable bonds is 3. The Bertz CT molecular complexity index is 448. The first-order valence-corrected chi connectivity index (χ1v) is 9.36. The number of nitrogens with one attached hydrogen (secondary N) is 1. The Morgan fingerprint density at radius 2 is 1.86 bits per heavy atom. The van der Waals surface area contributed by atoms with Crippen molar-refractivity contribution in [2.75, 3.05) is 32.7 Å². The quantitative estimate of drug-likeness (QED) is 0.932. The van der Waals surface area contributed by atoms with E-state index in [1.54, 1.807) is 0 Å². The fourth-order valence-electron chi connectivity index (χ4n) is 5.04. The van der Waals surface area contributed by atoms with Crippen LogP contribution in [-0.2, 0) is 0 Å². The molecular weight excluding hydrogens is 272 g/mol. The molecule has 4 heterocycles. The Kier molecular flexibility index (Phi) is 4.49. The van der Waals surface area contributed by atoms with Gasteiger partial charge in [-0.05, 0) is 76.7 Å². The van der Waals surface area contributed by atoms with Crippen LogP contribution >= 0.6 is 0 Å². The van der Waals surface area contributed by atoms with E-state index in [-0.39, 0.29) is 0 Å². The van der Waals surface area contributed by atoms with Crippen LogP contribution in [0.2, 0.25) is 0 Å². The number of fused-ring (bicyclic) bond motifs is 1. The fraction of sp³-hybridized carbons (Fsp3) is 0.833. The molecule has 4 rings (SSSR count). The van der Waals surface area contributed by atoms with E-state index >= 15 is 0 Å². The van der Waals surface area contributed by atoms with E-state index in [2.05, 4.69) is 26.1 Å². The number of piperidine rings is 3. The van der Waals surface area contributed by atoms with E-state index in [0.29, 0.717) is 5.92 Å². The van der Waals surface area contributed by atoms with Crippen molar-refractivity contribution in [1.82, 2.24) is 20.0 Å². The van der Waals surface area contributed by atoms with Gasteiger partial charge in [-0.3, -0.25) is 5.10 Å². The summed E-state index contributed by atoms with van der Waals surface area (Å²) in [6.45, 7) is 6.61. The van der Waals surface area contributed by atoms with Crippen molar-refractivity contribution >= 4 is 0 Å². The lowest BCUT2D eigenvalue weighted by atomic mass is 9.82. The number of aromatic nitrogens is 2. The number of H-pyrrole nitrogens is 1. The van der Waals surface area contributed by atoms with Crippen molar-refractivity contribution in [1.29, 1.82) is 0 Å². The Hall–Kier alpha value is -0.870. The third-order valence-corrected chi connectivity index (χ3v) is 6.27. The van der Waals surface area contributed by atoms with Gasteiger partial charge in [0.15, 0.2) is 0 Å². The van der Waals surface area contributed by atoms with Crippen molar-refractivity contribution in [3.8, 4) is 0 Å². The van der Waals surface area contributed by atoms with Gasteiger partial charge < -0.3 is 9.80 Å². The topological polar surface area (TPSA) is 35.2 Å². The molecular formula is C18H30N4. The summed E-state index contributed by atoms with van der Waals surface area (Å²) >= 11 is 0. The van der Waals surface area contributed by atoms with E-state index in [0.717, 1.165) is 12.0 Å². The van der Waals surface area contributed by atoms with Gasteiger partial charge in [0.1, 0.15) is 0 Å². The summed E-state index contributed by atoms with van der Waals surface area (Å²) in [4.78, 5) is 5.55. The highest BCUT2D eigenvalue weighted by Crippen LogP contribution is 2.33. The molecule has 3 saturated heterocycles. The van der Waals surface area contributed by atoms with Crippen LogP contribution < -0.4 is 0 Å². The average Bonchev–Trinajstić information content (AvgIpc) is 3.10. The molecule has 0 bridgehead atoms. The molecule has 3 aliphatic rings. The summed E-state index contributed by atoms with van der Waals surface area (Å²) in [5, 5.41) is 7.28. The van der Waals surface area contributed by atoms with Gasteiger partial charge in [-0.25, -0.2) is 0 Å². The van der Waals surface area contributed by atoms with Crippen LogP contribution in [0.4, 0.5) is 0 Å². The van der Waals surface area contributed by atoms with Gasteiger partial charge >= 0.3 is 0 Å². The summed E-state index contributed by atoms with van der Waals surface area (Å²) in [5.74, 6) is 1.63. The minimum atomic E-state index is 0.705. The summed E-state index contributed by atoms with van der Waals surface area (Å²) in [7, 11) is 0. The minimum Gasteiger partial charge on any atom is -0.303 e. The van der Waals surface area contributed by atoms with Crippen LogP contribution in [0.25, 0.3) is 0 Å². The molecule has 0 aliphatic carbocycles. The molecule has 1 aromatic heterocycles. The number of hydrogen-bond acceptors (Lipinski definition) is 3. The lowest BCUT2D eigenvalue weighted by molar-refractivity contribution is 0.0358. The monoisotopic (exact) mass is 302 g/mol. The molecule has 22 heavy (non-hydrogen) atoms. The normalized spacial score (nSPS) is 32.0. The fourth-order valence-corrected chi connectivity index (χ4v) is 5.04. The third kappa shape index (κ3) is 3.09. The SMILES string of the molecule is c1cc(C2CCN(C[C@@H]3CCCN4CCCC[C@H]34)CC2)[nH]n1. The maximum absolute atomic E-state index is 4.11. The van der Waals surface area contributed by atoms with Gasteiger partial charge in [0.05, 0.1) is 0 Å². The standard InChI is InChI=1S/C18H30N4/c1-2-10-22-11-3-4-16(18(22)5-1)14-21-12-7-15(8-13-21)17-6-9-19-20-17/h6,9,15-16,18H,1-5,7-8,10-14H2,(H,19,20)/t16-,18+/m0/s1. The zero-order valence-electron chi connectivity index (χ0n) is 13.7. The maximum atomic E-state index is 4.11. The summed E-state index contributed by atoms with van der Waals surface area (Å²) in [5.41, 5.74) is 1.34. The smallest absolute Gasteiger partial charge is 0.0490 e. The Labute approximate surface area is 134 Å². The molecule has 3 fully saturated rings. The lowest BCUT2D eigenvalue weighted by Gasteiger charge is -2.46. The molecule has 0 saturated carbocycles. The Balaban J connectivity index is 1.30. The largest absolute Gasteiger partial charge is 0.303 e. The van der Waals surface area contributed by atoms with Crippen LogP contribution in [0, 0.1) is 5.92 Å². The second-order valence-corrected chi connectivity index (χ2v) is 7.59. The van der Waals surface area contributed by atoms with Crippen LogP contribution in [0.15, 0.2) is 12.3 Å². The summed E-state index contributed by atoms with van der Waals surface area (Å²) in [6.07, 6.45) is 11.7. The van der Waals surface area contributed by atoms with Crippen LogP contribution in [-0.4, -0.2) is 58.8 Å². The molecule has 122 valence electrons. The number of aromatic amines is 1. The van der Waals surface area contributed by atoms with Gasteiger partial charge in [0, 0.05) is 30.4 Å². The maximum Gasteiger partial charge on any atom is 0.0490 e. The number of hydrogen-bond donors (Lipinski definition) is 1. The van der Waals surface area contributed by atoms with Crippen molar-refractivity contribution in [3.63, 3.8) is 0 Å². The first kappa shape index (κ1) is 14.7. The van der Waals surface area contributed by atoms with E-state index in [9.17, 15) is 0 Å². The predicted molar refractivity (Wildman–Crippen MR) is 88.9 cm³/mol. The highest BCUT2D eigenvalue weighted by atomic mass is 15.2. The third-order valence-electron chi connectivity index (χ3n) is 6.27. The molecule has 1 aromatic rings. The zero-order valence-corrected chi connectivity index (χ0v) is 13.7. The molecule has 2 atom stereocenters. The van der Waals surface area contributed by atoms with E-state index in [1.165, 1.54) is 83.4 Å². The number of likely N-dealkylation sites (tertiary alicyclic amines) is 1. The second-order valence-electron chi connectivity index (χ2n) is 7.59. The van der Waals surface area contributed by atoms with Crippen molar-refractivity contribution in [2.24, 2.45) is 5.92 Å². The van der Waals surface area contributed by atoms with E-state index < -0.39 is 0 Å². The average molecular weight is 302 g/mol. The highest BCUT2D eigenvalue weighted by molar-refractivity contribution is 5.07. The molecule has 0 spiro atoms. The Morgan fingerprint density at radius 3 is 2.68 bits per heavy atom. The second kappa shape index (κ2) is 6.71. The molecule has 0 radical (unpaired) electrons. The van der Waals surface area contributed by atoms with Crippen LogP contribution in [0.3, 0.4) is 0 Å². The number of nitrogens with zero attached hydrogens (tertiary/aromatic N) is 3. The van der Waals surface area contributed by atoms with Gasteiger partial charge in [-0.2, -0.15) is 5.10 Å². The van der Waals surface area contributed by atoms with Crippen molar-refractivity contribution < 1.29 is 0 Å². The Morgan fingerprint density at radius 1 is 1.00 bits per heavy atom. The molecule has 1 N–H and O–H groups in total. The van der Waals surface area contributed by atoms with Crippen molar-refractivity contribution in [2.45, 2.75) is 56.9 Å². The molecule has 0 amide bonds. The molecule has 0 unspecified atom stereocenters. The first-order chi connectivity index (χ1) is 10.9. The van der Waals surface area contributed by atoms with Gasteiger partial charge in [-0.15, -0.1) is 0 Å². The van der Waals surface area contributed by atoms with Crippen LogP contribution in [0.5, 0.6) is 0 Å². The van der Waals surface area contributed by atoms with Gasteiger partial charge in [-0.1, -0.05) is 6.42 Å². The van der Waals surface area contributed by atoms with E-state index in [4.69, 9.17) is 0 Å². The molecule has 3 aliphatic heterocycles. The van der Waals surface area contributed by atoms with Gasteiger partial charge in [0.25, 0.3) is 0 Å². The summed E-state index contributed by atoms with van der Waals surface area (Å²) < 4.78 is 0. The first-order valence-electron chi connectivity index (χ1n) is 9.36. The summed E-state index contributed by atoms with van der Waals surface area (Å²) in [6, 6.07) is 3.05. The minimum absolute atomic E-state index is 0.705.